The predicted octanol–water partition coefficient (Wildman–Crippen LogP) is 5.08. The molecular weight excluding hydrogens is 276 g/mol. The molecule has 0 radical (unpaired) electrons. The highest BCUT2D eigenvalue weighted by atomic mass is 16.4. The van der Waals surface area contributed by atoms with E-state index in [1.54, 1.807) is 0 Å². The third-order valence-electron chi connectivity index (χ3n) is 4.06. The standard InChI is InChI=1S/C18H28N2O2/c1-6-9-14(10-7-2)12-20-13(4)16(18(21)22)15(11-8-3)17(20)19-5/h8,11,14H,5-7,9-10,12H2,1-4H3,(H,21,22)/b11-8-. The second kappa shape index (κ2) is 8.57. The van der Waals surface area contributed by atoms with Gasteiger partial charge in [-0.25, -0.2) is 9.79 Å². The van der Waals surface area contributed by atoms with Gasteiger partial charge in [-0.05, 0) is 39.3 Å². The maximum absolute atomic E-state index is 11.6. The smallest absolute Gasteiger partial charge is 0.338 e. The molecule has 1 rings (SSSR count). The number of aromatic carboxylic acids is 1. The van der Waals surface area contributed by atoms with Crippen LogP contribution >= 0.6 is 0 Å². The molecule has 1 aromatic rings. The van der Waals surface area contributed by atoms with E-state index < -0.39 is 5.97 Å². The Labute approximate surface area is 133 Å². The molecular formula is C18H28N2O2. The highest BCUT2D eigenvalue weighted by Gasteiger charge is 2.24. The molecule has 1 aromatic heterocycles. The van der Waals surface area contributed by atoms with Gasteiger partial charge < -0.3 is 9.67 Å². The molecule has 122 valence electrons. The van der Waals surface area contributed by atoms with E-state index in [0.717, 1.165) is 37.9 Å². The van der Waals surface area contributed by atoms with Gasteiger partial charge in [0.15, 0.2) is 0 Å². The van der Waals surface area contributed by atoms with Gasteiger partial charge in [0, 0.05) is 17.8 Å². The quantitative estimate of drug-likeness (QED) is 0.647. The van der Waals surface area contributed by atoms with E-state index in [1.807, 2.05) is 30.6 Å². The van der Waals surface area contributed by atoms with Gasteiger partial charge in [0.2, 0.25) is 0 Å². The molecule has 0 aliphatic heterocycles. The lowest BCUT2D eigenvalue weighted by atomic mass is 9.98. The number of carboxylic acids is 1. The summed E-state index contributed by atoms with van der Waals surface area (Å²) in [5.41, 5.74) is 1.77. The van der Waals surface area contributed by atoms with E-state index in [4.69, 9.17) is 0 Å². The largest absolute Gasteiger partial charge is 0.478 e. The third-order valence-corrected chi connectivity index (χ3v) is 4.06. The van der Waals surface area contributed by atoms with Crippen molar-refractivity contribution in [3.63, 3.8) is 0 Å². The van der Waals surface area contributed by atoms with Gasteiger partial charge in [0.25, 0.3) is 0 Å². The molecule has 4 heteroatoms. The SMILES string of the molecule is C=Nc1c(/C=C\C)c(C(=O)O)c(C)n1CC(CCC)CCC. The summed E-state index contributed by atoms with van der Waals surface area (Å²) in [5.74, 6) is 0.309. The molecule has 0 bridgehead atoms. The van der Waals surface area contributed by atoms with Gasteiger partial charge in [0.1, 0.15) is 5.82 Å². The van der Waals surface area contributed by atoms with Gasteiger partial charge in [-0.2, -0.15) is 0 Å². The van der Waals surface area contributed by atoms with Crippen LogP contribution in [-0.4, -0.2) is 22.4 Å². The van der Waals surface area contributed by atoms with Crippen LogP contribution < -0.4 is 0 Å². The van der Waals surface area contributed by atoms with E-state index in [0.29, 0.717) is 22.9 Å². The number of carbonyl (C=O) groups is 1. The molecule has 0 fully saturated rings. The van der Waals surface area contributed by atoms with Gasteiger partial charge in [0.05, 0.1) is 5.56 Å². The number of nitrogens with zero attached hydrogens (tertiary/aromatic N) is 2. The molecule has 0 spiro atoms. The minimum absolute atomic E-state index is 0.340. The molecule has 0 unspecified atom stereocenters. The normalized spacial score (nSPS) is 11.5. The molecule has 0 aliphatic carbocycles. The first-order valence-corrected chi connectivity index (χ1v) is 8.07. The van der Waals surface area contributed by atoms with Crippen LogP contribution in [0, 0.1) is 12.8 Å². The predicted molar refractivity (Wildman–Crippen MR) is 93.4 cm³/mol. The number of aliphatic imine (C=N–C) groups is 1. The Balaban J connectivity index is 3.37. The summed E-state index contributed by atoms with van der Waals surface area (Å²) in [6.45, 7) is 12.6. The van der Waals surface area contributed by atoms with E-state index in [-0.39, 0.29) is 0 Å². The molecule has 0 amide bonds. The van der Waals surface area contributed by atoms with Crippen molar-refractivity contribution in [2.24, 2.45) is 10.9 Å². The number of aromatic nitrogens is 1. The lowest BCUT2D eigenvalue weighted by Crippen LogP contribution is -2.12. The number of rotatable bonds is 9. The molecule has 4 nitrogen and oxygen atoms in total. The van der Waals surface area contributed by atoms with E-state index in [1.165, 1.54) is 0 Å². The van der Waals surface area contributed by atoms with Crippen LogP contribution in [0.15, 0.2) is 11.1 Å². The number of allylic oxidation sites excluding steroid dienone is 1. The lowest BCUT2D eigenvalue weighted by Gasteiger charge is -2.18. The fourth-order valence-electron chi connectivity index (χ4n) is 3.14. The molecule has 0 atom stereocenters. The van der Waals surface area contributed by atoms with Gasteiger partial charge >= 0.3 is 5.97 Å². The zero-order valence-corrected chi connectivity index (χ0v) is 14.2. The van der Waals surface area contributed by atoms with Crippen LogP contribution in [0.3, 0.4) is 0 Å². The summed E-state index contributed by atoms with van der Waals surface area (Å²) >= 11 is 0. The average Bonchev–Trinajstić information content (AvgIpc) is 2.72. The first-order chi connectivity index (χ1) is 10.5. The van der Waals surface area contributed by atoms with Crippen LogP contribution in [0.1, 0.15) is 68.1 Å². The highest BCUT2D eigenvalue weighted by Crippen LogP contribution is 2.33. The van der Waals surface area contributed by atoms with Crippen molar-refractivity contribution in [2.75, 3.05) is 0 Å². The van der Waals surface area contributed by atoms with Gasteiger partial charge in [-0.1, -0.05) is 38.8 Å². The van der Waals surface area contributed by atoms with Crippen LogP contribution in [0.4, 0.5) is 5.82 Å². The second-order valence-electron chi connectivity index (χ2n) is 5.71. The van der Waals surface area contributed by atoms with Crippen molar-refractivity contribution in [2.45, 2.75) is 59.9 Å². The molecule has 1 heterocycles. The highest BCUT2D eigenvalue weighted by molar-refractivity contribution is 5.96. The molecule has 0 aliphatic rings. The molecule has 22 heavy (non-hydrogen) atoms. The van der Waals surface area contributed by atoms with Crippen molar-refractivity contribution in [3.8, 4) is 0 Å². The van der Waals surface area contributed by atoms with Crippen molar-refractivity contribution in [1.29, 1.82) is 0 Å². The Morgan fingerprint density at radius 1 is 1.36 bits per heavy atom. The zero-order chi connectivity index (χ0) is 16.7. The van der Waals surface area contributed by atoms with E-state index in [9.17, 15) is 9.90 Å². The Morgan fingerprint density at radius 2 is 1.95 bits per heavy atom. The molecule has 0 saturated heterocycles. The van der Waals surface area contributed by atoms with Crippen LogP contribution in [-0.2, 0) is 6.54 Å². The lowest BCUT2D eigenvalue weighted by molar-refractivity contribution is 0.0695. The van der Waals surface area contributed by atoms with Crippen molar-refractivity contribution in [3.05, 3.63) is 22.9 Å². The Kier molecular flexibility index (Phi) is 7.09. The van der Waals surface area contributed by atoms with Gasteiger partial charge in [-0.3, -0.25) is 0 Å². The summed E-state index contributed by atoms with van der Waals surface area (Å²) in [6.07, 6.45) is 8.21. The monoisotopic (exact) mass is 304 g/mol. The maximum atomic E-state index is 11.6. The Hall–Kier alpha value is -1.84. The van der Waals surface area contributed by atoms with Gasteiger partial charge in [-0.15, -0.1) is 0 Å². The van der Waals surface area contributed by atoms with E-state index in [2.05, 4.69) is 25.6 Å². The summed E-state index contributed by atoms with van der Waals surface area (Å²) in [6, 6.07) is 0. The summed E-state index contributed by atoms with van der Waals surface area (Å²) in [4.78, 5) is 15.8. The van der Waals surface area contributed by atoms with Crippen molar-refractivity contribution < 1.29 is 9.90 Å². The third kappa shape index (κ3) is 3.87. The first-order valence-electron chi connectivity index (χ1n) is 8.07. The summed E-state index contributed by atoms with van der Waals surface area (Å²) in [5, 5.41) is 9.54. The Bertz CT molecular complexity index is 550. The maximum Gasteiger partial charge on any atom is 0.338 e. The zero-order valence-electron chi connectivity index (χ0n) is 14.2. The second-order valence-corrected chi connectivity index (χ2v) is 5.71. The first kappa shape index (κ1) is 18.2. The minimum Gasteiger partial charge on any atom is -0.478 e. The van der Waals surface area contributed by atoms with Crippen LogP contribution in [0.2, 0.25) is 0 Å². The van der Waals surface area contributed by atoms with Crippen LogP contribution in [0.5, 0.6) is 0 Å². The van der Waals surface area contributed by atoms with Crippen LogP contribution in [0.25, 0.3) is 6.08 Å². The average molecular weight is 304 g/mol. The fraction of sp³-hybridized carbons (Fsp3) is 0.556. The molecule has 0 aromatic carbocycles. The fourth-order valence-corrected chi connectivity index (χ4v) is 3.14. The number of hydrogen-bond donors (Lipinski definition) is 1. The number of carboxylic acid groups (broad SMARTS) is 1. The van der Waals surface area contributed by atoms with Crippen molar-refractivity contribution >= 4 is 24.6 Å². The topological polar surface area (TPSA) is 54.6 Å². The summed E-state index contributed by atoms with van der Waals surface area (Å²) in [7, 11) is 0. The summed E-state index contributed by atoms with van der Waals surface area (Å²) < 4.78 is 2.03. The van der Waals surface area contributed by atoms with E-state index >= 15 is 0 Å². The van der Waals surface area contributed by atoms with Crippen molar-refractivity contribution in [1.82, 2.24) is 4.57 Å². The molecule has 1 N–H and O–H groups in total. The number of hydrogen-bond acceptors (Lipinski definition) is 2. The Morgan fingerprint density at radius 3 is 2.36 bits per heavy atom. The minimum atomic E-state index is -0.906. The molecule has 0 saturated carbocycles.